The fourth-order valence-electron chi connectivity index (χ4n) is 3.23. The van der Waals surface area contributed by atoms with Crippen LogP contribution >= 0.6 is 0 Å². The van der Waals surface area contributed by atoms with Gasteiger partial charge in [-0.05, 0) is 33.1 Å². The fraction of sp³-hybridized carbons (Fsp3) is 0.562. The highest BCUT2D eigenvalue weighted by Crippen LogP contribution is 2.25. The molecule has 1 amide bonds. The minimum atomic E-state index is 0.0399. The van der Waals surface area contributed by atoms with E-state index in [0.717, 1.165) is 30.9 Å². The zero-order chi connectivity index (χ0) is 15.7. The van der Waals surface area contributed by atoms with E-state index < -0.39 is 0 Å². The standard InChI is InChI=1S/C16H22N4O2/c1-4-14-15(11(2)22-18-14)16(21)19-8-5-6-13(10-19)20-9-7-17-12(20)3/h7,9,13H,4-6,8,10H2,1-3H3. The Balaban J connectivity index is 1.81. The van der Waals surface area contributed by atoms with E-state index in [1.807, 2.05) is 31.1 Å². The maximum atomic E-state index is 12.9. The number of hydrogen-bond acceptors (Lipinski definition) is 4. The zero-order valence-corrected chi connectivity index (χ0v) is 13.4. The van der Waals surface area contributed by atoms with Gasteiger partial charge in [-0.3, -0.25) is 4.79 Å². The number of nitrogens with zero attached hydrogens (tertiary/aromatic N) is 4. The molecular weight excluding hydrogens is 280 g/mol. The Hall–Kier alpha value is -2.11. The summed E-state index contributed by atoms with van der Waals surface area (Å²) >= 11 is 0. The smallest absolute Gasteiger partial charge is 0.259 e. The van der Waals surface area contributed by atoms with Crippen LogP contribution < -0.4 is 0 Å². The second-order valence-electron chi connectivity index (χ2n) is 5.84. The number of carbonyl (C=O) groups is 1. The minimum Gasteiger partial charge on any atom is -0.361 e. The molecule has 0 radical (unpaired) electrons. The monoisotopic (exact) mass is 302 g/mol. The van der Waals surface area contributed by atoms with Crippen LogP contribution in [0.3, 0.4) is 0 Å². The van der Waals surface area contributed by atoms with Crippen LogP contribution in [-0.4, -0.2) is 38.6 Å². The SMILES string of the molecule is CCc1noc(C)c1C(=O)N1CCCC(n2ccnc2C)C1. The van der Waals surface area contributed by atoms with E-state index >= 15 is 0 Å². The lowest BCUT2D eigenvalue weighted by atomic mass is 10.0. The predicted octanol–water partition coefficient (Wildman–Crippen LogP) is 2.53. The molecule has 1 aliphatic heterocycles. The zero-order valence-electron chi connectivity index (χ0n) is 13.4. The molecule has 3 heterocycles. The normalized spacial score (nSPS) is 18.7. The Labute approximate surface area is 130 Å². The molecule has 1 fully saturated rings. The van der Waals surface area contributed by atoms with Gasteiger partial charge in [0.2, 0.25) is 0 Å². The van der Waals surface area contributed by atoms with Crippen LogP contribution in [0.1, 0.15) is 53.4 Å². The van der Waals surface area contributed by atoms with Crippen LogP contribution in [0.25, 0.3) is 0 Å². The Bertz CT molecular complexity index is 673. The van der Waals surface area contributed by atoms with Crippen LogP contribution in [0.15, 0.2) is 16.9 Å². The van der Waals surface area contributed by atoms with E-state index in [-0.39, 0.29) is 5.91 Å². The summed E-state index contributed by atoms with van der Waals surface area (Å²) in [4.78, 5) is 19.1. The maximum Gasteiger partial charge on any atom is 0.259 e. The molecule has 0 aromatic carbocycles. The van der Waals surface area contributed by atoms with Crippen molar-refractivity contribution in [1.82, 2.24) is 19.6 Å². The van der Waals surface area contributed by atoms with Gasteiger partial charge in [0.05, 0.1) is 11.7 Å². The van der Waals surface area contributed by atoms with Crippen molar-refractivity contribution in [3.05, 3.63) is 35.2 Å². The Morgan fingerprint density at radius 3 is 2.95 bits per heavy atom. The molecular formula is C16H22N4O2. The first-order valence-corrected chi connectivity index (χ1v) is 7.85. The molecule has 22 heavy (non-hydrogen) atoms. The quantitative estimate of drug-likeness (QED) is 0.874. The van der Waals surface area contributed by atoms with Crippen molar-refractivity contribution in [2.45, 2.75) is 46.1 Å². The second-order valence-corrected chi connectivity index (χ2v) is 5.84. The highest BCUT2D eigenvalue weighted by atomic mass is 16.5. The number of rotatable bonds is 3. The lowest BCUT2D eigenvalue weighted by Crippen LogP contribution is -2.41. The third-order valence-electron chi connectivity index (χ3n) is 4.42. The summed E-state index contributed by atoms with van der Waals surface area (Å²) in [6.07, 6.45) is 6.59. The molecule has 0 N–H and O–H groups in total. The second kappa shape index (κ2) is 5.94. The fourth-order valence-corrected chi connectivity index (χ4v) is 3.23. The summed E-state index contributed by atoms with van der Waals surface area (Å²) in [6.45, 7) is 7.30. The van der Waals surface area contributed by atoms with E-state index in [9.17, 15) is 4.79 Å². The molecule has 0 saturated carbocycles. The largest absolute Gasteiger partial charge is 0.361 e. The molecule has 1 saturated heterocycles. The molecule has 6 heteroatoms. The summed E-state index contributed by atoms with van der Waals surface area (Å²) in [5, 5.41) is 4.00. The molecule has 0 spiro atoms. The van der Waals surface area contributed by atoms with Gasteiger partial charge in [-0.25, -0.2) is 4.98 Å². The van der Waals surface area contributed by atoms with Gasteiger partial charge in [0.15, 0.2) is 0 Å². The first-order valence-electron chi connectivity index (χ1n) is 7.85. The topological polar surface area (TPSA) is 64.2 Å². The summed E-state index contributed by atoms with van der Waals surface area (Å²) in [5.41, 5.74) is 1.40. The van der Waals surface area contributed by atoms with Crippen LogP contribution in [0.2, 0.25) is 0 Å². The number of hydrogen-bond donors (Lipinski definition) is 0. The molecule has 6 nitrogen and oxygen atoms in total. The number of likely N-dealkylation sites (tertiary alicyclic amines) is 1. The lowest BCUT2D eigenvalue weighted by Gasteiger charge is -2.34. The van der Waals surface area contributed by atoms with Gasteiger partial charge in [0.1, 0.15) is 17.1 Å². The van der Waals surface area contributed by atoms with Crippen LogP contribution in [0.5, 0.6) is 0 Å². The number of carbonyl (C=O) groups excluding carboxylic acids is 1. The van der Waals surface area contributed by atoms with Gasteiger partial charge in [-0.1, -0.05) is 12.1 Å². The number of piperidine rings is 1. The average Bonchev–Trinajstić information content (AvgIpc) is 3.12. The van der Waals surface area contributed by atoms with E-state index in [0.29, 0.717) is 30.3 Å². The highest BCUT2D eigenvalue weighted by molar-refractivity contribution is 5.96. The van der Waals surface area contributed by atoms with Crippen LogP contribution in [0.4, 0.5) is 0 Å². The maximum absolute atomic E-state index is 12.9. The van der Waals surface area contributed by atoms with Gasteiger partial charge >= 0.3 is 0 Å². The number of aromatic nitrogens is 3. The van der Waals surface area contributed by atoms with Gasteiger partial charge in [0.25, 0.3) is 5.91 Å². The molecule has 1 aliphatic rings. The first kappa shape index (κ1) is 14.8. The van der Waals surface area contributed by atoms with Crippen LogP contribution in [-0.2, 0) is 6.42 Å². The summed E-state index contributed by atoms with van der Waals surface area (Å²) in [5.74, 6) is 1.65. The molecule has 1 atom stereocenters. The number of amides is 1. The van der Waals surface area contributed by atoms with Gasteiger partial charge in [0, 0.05) is 25.5 Å². The Morgan fingerprint density at radius 1 is 1.45 bits per heavy atom. The third kappa shape index (κ3) is 2.53. The summed E-state index contributed by atoms with van der Waals surface area (Å²) < 4.78 is 7.37. The van der Waals surface area contributed by atoms with Crippen molar-refractivity contribution < 1.29 is 9.32 Å². The summed E-state index contributed by atoms with van der Waals surface area (Å²) in [6, 6.07) is 0.297. The van der Waals surface area contributed by atoms with E-state index in [1.54, 1.807) is 6.92 Å². The molecule has 1 unspecified atom stereocenters. The Morgan fingerprint density at radius 2 is 2.27 bits per heavy atom. The predicted molar refractivity (Wildman–Crippen MR) is 81.8 cm³/mol. The minimum absolute atomic E-state index is 0.0399. The average molecular weight is 302 g/mol. The molecule has 0 aliphatic carbocycles. The summed E-state index contributed by atoms with van der Waals surface area (Å²) in [7, 11) is 0. The lowest BCUT2D eigenvalue weighted by molar-refractivity contribution is 0.0675. The molecule has 3 rings (SSSR count). The first-order chi connectivity index (χ1) is 10.6. The van der Waals surface area contributed by atoms with Crippen molar-refractivity contribution in [2.24, 2.45) is 0 Å². The molecule has 2 aromatic rings. The molecule has 0 bridgehead atoms. The van der Waals surface area contributed by atoms with E-state index in [2.05, 4.69) is 14.7 Å². The van der Waals surface area contributed by atoms with E-state index in [1.165, 1.54) is 0 Å². The number of aryl methyl sites for hydroxylation is 3. The van der Waals surface area contributed by atoms with Crippen LogP contribution in [0, 0.1) is 13.8 Å². The van der Waals surface area contributed by atoms with E-state index in [4.69, 9.17) is 4.52 Å². The van der Waals surface area contributed by atoms with Crippen molar-refractivity contribution in [2.75, 3.05) is 13.1 Å². The number of imidazole rings is 1. The Kier molecular flexibility index (Phi) is 4.00. The van der Waals surface area contributed by atoms with Crippen molar-refractivity contribution in [3.8, 4) is 0 Å². The van der Waals surface area contributed by atoms with Crippen molar-refractivity contribution >= 4 is 5.91 Å². The van der Waals surface area contributed by atoms with Gasteiger partial charge < -0.3 is 14.0 Å². The van der Waals surface area contributed by atoms with Gasteiger partial charge in [-0.15, -0.1) is 0 Å². The highest BCUT2D eigenvalue weighted by Gasteiger charge is 2.29. The van der Waals surface area contributed by atoms with Crippen molar-refractivity contribution in [1.29, 1.82) is 0 Å². The molecule has 118 valence electrons. The third-order valence-corrected chi connectivity index (χ3v) is 4.42. The van der Waals surface area contributed by atoms with Gasteiger partial charge in [-0.2, -0.15) is 0 Å². The van der Waals surface area contributed by atoms with Crippen molar-refractivity contribution in [3.63, 3.8) is 0 Å². The molecule has 2 aromatic heterocycles.